The normalized spacial score (nSPS) is 15.2. The van der Waals surface area contributed by atoms with Gasteiger partial charge in [-0.25, -0.2) is 0 Å². The van der Waals surface area contributed by atoms with Gasteiger partial charge in [0.25, 0.3) is 5.91 Å². The van der Waals surface area contributed by atoms with Crippen molar-refractivity contribution in [3.8, 4) is 11.8 Å². The zero-order valence-corrected chi connectivity index (χ0v) is 13.0. The van der Waals surface area contributed by atoms with E-state index in [0.717, 1.165) is 29.5 Å². The van der Waals surface area contributed by atoms with E-state index >= 15 is 0 Å². The van der Waals surface area contributed by atoms with E-state index in [-0.39, 0.29) is 5.91 Å². The number of benzene rings is 1. The highest BCUT2D eigenvalue weighted by Gasteiger charge is 2.24. The number of amides is 1. The number of nitrogens with two attached hydrogens (primary N) is 1. The van der Waals surface area contributed by atoms with Gasteiger partial charge in [0.15, 0.2) is 0 Å². The molecule has 0 radical (unpaired) electrons. The second kappa shape index (κ2) is 7.28. The first-order valence-electron chi connectivity index (χ1n) is 7.71. The molecule has 0 spiro atoms. The number of hydrogen-bond acceptors (Lipinski definition) is 2. The summed E-state index contributed by atoms with van der Waals surface area (Å²) in [5.74, 6) is 6.00. The summed E-state index contributed by atoms with van der Waals surface area (Å²) in [6.45, 7) is 2.29. The Hall–Kier alpha value is -1.79. The van der Waals surface area contributed by atoms with Crippen LogP contribution in [0.2, 0.25) is 0 Å². The van der Waals surface area contributed by atoms with Crippen molar-refractivity contribution in [1.29, 1.82) is 0 Å². The SMILES string of the molecule is Cc1c(C#CCN)cccc1C(=O)N(C)C1CCCCC1. The summed E-state index contributed by atoms with van der Waals surface area (Å²) in [6.07, 6.45) is 5.98. The van der Waals surface area contributed by atoms with Crippen LogP contribution in [0.4, 0.5) is 0 Å². The molecule has 0 saturated heterocycles. The maximum Gasteiger partial charge on any atom is 0.254 e. The highest BCUT2D eigenvalue weighted by atomic mass is 16.2. The van der Waals surface area contributed by atoms with E-state index < -0.39 is 0 Å². The van der Waals surface area contributed by atoms with Crippen LogP contribution in [-0.4, -0.2) is 30.4 Å². The van der Waals surface area contributed by atoms with E-state index in [0.29, 0.717) is 12.6 Å². The summed E-state index contributed by atoms with van der Waals surface area (Å²) in [7, 11) is 1.93. The zero-order chi connectivity index (χ0) is 15.2. The molecule has 1 amide bonds. The third kappa shape index (κ3) is 3.65. The molecule has 1 aromatic rings. The van der Waals surface area contributed by atoms with Gasteiger partial charge >= 0.3 is 0 Å². The smallest absolute Gasteiger partial charge is 0.254 e. The average molecular weight is 284 g/mol. The van der Waals surface area contributed by atoms with E-state index in [9.17, 15) is 4.79 Å². The maximum absolute atomic E-state index is 12.7. The van der Waals surface area contributed by atoms with E-state index in [1.807, 2.05) is 37.1 Å². The van der Waals surface area contributed by atoms with Gasteiger partial charge in [0.1, 0.15) is 0 Å². The molecule has 0 heterocycles. The molecule has 1 aromatic carbocycles. The molecular weight excluding hydrogens is 260 g/mol. The summed E-state index contributed by atoms with van der Waals surface area (Å²) in [6, 6.07) is 6.11. The van der Waals surface area contributed by atoms with Gasteiger partial charge < -0.3 is 10.6 Å². The third-order valence-electron chi connectivity index (χ3n) is 4.33. The molecule has 112 valence electrons. The highest BCUT2D eigenvalue weighted by molar-refractivity contribution is 5.96. The first-order valence-corrected chi connectivity index (χ1v) is 7.71. The minimum absolute atomic E-state index is 0.107. The lowest BCUT2D eigenvalue weighted by atomic mass is 9.93. The zero-order valence-electron chi connectivity index (χ0n) is 13.0. The fourth-order valence-corrected chi connectivity index (χ4v) is 2.97. The van der Waals surface area contributed by atoms with E-state index in [1.165, 1.54) is 19.3 Å². The molecule has 3 heteroatoms. The predicted molar refractivity (Wildman–Crippen MR) is 86.1 cm³/mol. The van der Waals surface area contributed by atoms with Crippen LogP contribution >= 0.6 is 0 Å². The molecule has 0 atom stereocenters. The Bertz CT molecular complexity index is 562. The Kier molecular flexibility index (Phi) is 5.41. The Morgan fingerprint density at radius 1 is 1.33 bits per heavy atom. The number of carbonyl (C=O) groups excluding carboxylic acids is 1. The fraction of sp³-hybridized carbons (Fsp3) is 0.500. The molecule has 1 fully saturated rings. The Labute approximate surface area is 127 Å². The van der Waals surface area contributed by atoms with Crippen LogP contribution in [0.25, 0.3) is 0 Å². The Morgan fingerprint density at radius 3 is 2.71 bits per heavy atom. The lowest BCUT2D eigenvalue weighted by Crippen LogP contribution is -2.38. The molecule has 2 N–H and O–H groups in total. The van der Waals surface area contributed by atoms with Gasteiger partial charge in [-0.2, -0.15) is 0 Å². The van der Waals surface area contributed by atoms with Crippen molar-refractivity contribution >= 4 is 5.91 Å². The Morgan fingerprint density at radius 2 is 2.05 bits per heavy atom. The summed E-state index contributed by atoms with van der Waals surface area (Å²) in [5.41, 5.74) is 8.02. The van der Waals surface area contributed by atoms with Crippen molar-refractivity contribution in [1.82, 2.24) is 4.90 Å². The molecule has 0 aromatic heterocycles. The van der Waals surface area contributed by atoms with Crippen LogP contribution in [-0.2, 0) is 0 Å². The van der Waals surface area contributed by atoms with Crippen molar-refractivity contribution in [2.75, 3.05) is 13.6 Å². The van der Waals surface area contributed by atoms with Crippen LogP contribution in [0.15, 0.2) is 18.2 Å². The second-order valence-corrected chi connectivity index (χ2v) is 5.69. The molecule has 1 aliphatic rings. The summed E-state index contributed by atoms with van der Waals surface area (Å²) >= 11 is 0. The van der Waals surface area contributed by atoms with Crippen LogP contribution in [0.1, 0.15) is 53.6 Å². The van der Waals surface area contributed by atoms with Crippen molar-refractivity contribution in [3.05, 3.63) is 34.9 Å². The number of hydrogen-bond donors (Lipinski definition) is 1. The quantitative estimate of drug-likeness (QED) is 0.849. The molecule has 1 saturated carbocycles. The lowest BCUT2D eigenvalue weighted by molar-refractivity contribution is 0.0695. The molecule has 0 unspecified atom stereocenters. The first kappa shape index (κ1) is 15.6. The molecule has 3 nitrogen and oxygen atoms in total. The van der Waals surface area contributed by atoms with Gasteiger partial charge in [0.05, 0.1) is 6.54 Å². The molecular formula is C18H24N2O. The van der Waals surface area contributed by atoms with Gasteiger partial charge in [-0.15, -0.1) is 0 Å². The van der Waals surface area contributed by atoms with Gasteiger partial charge in [-0.05, 0) is 37.5 Å². The minimum Gasteiger partial charge on any atom is -0.339 e. The van der Waals surface area contributed by atoms with Crippen molar-refractivity contribution in [3.63, 3.8) is 0 Å². The van der Waals surface area contributed by atoms with Crippen LogP contribution in [0.5, 0.6) is 0 Å². The molecule has 1 aliphatic carbocycles. The number of carbonyl (C=O) groups is 1. The molecule has 2 rings (SSSR count). The van der Waals surface area contributed by atoms with E-state index in [1.54, 1.807) is 0 Å². The highest BCUT2D eigenvalue weighted by Crippen LogP contribution is 2.24. The van der Waals surface area contributed by atoms with Crippen LogP contribution in [0, 0.1) is 18.8 Å². The van der Waals surface area contributed by atoms with Gasteiger partial charge in [0, 0.05) is 24.2 Å². The maximum atomic E-state index is 12.7. The largest absolute Gasteiger partial charge is 0.339 e. The van der Waals surface area contributed by atoms with Crippen LogP contribution in [0.3, 0.4) is 0 Å². The average Bonchev–Trinajstić information content (AvgIpc) is 2.53. The van der Waals surface area contributed by atoms with Crippen LogP contribution < -0.4 is 5.73 Å². The van der Waals surface area contributed by atoms with Crippen molar-refractivity contribution in [2.24, 2.45) is 5.73 Å². The van der Waals surface area contributed by atoms with Crippen molar-refractivity contribution in [2.45, 2.75) is 45.1 Å². The summed E-state index contributed by atoms with van der Waals surface area (Å²) in [5, 5.41) is 0. The summed E-state index contributed by atoms with van der Waals surface area (Å²) in [4.78, 5) is 14.7. The fourth-order valence-electron chi connectivity index (χ4n) is 2.97. The third-order valence-corrected chi connectivity index (χ3v) is 4.33. The lowest BCUT2D eigenvalue weighted by Gasteiger charge is -2.31. The van der Waals surface area contributed by atoms with Gasteiger partial charge in [0.2, 0.25) is 0 Å². The number of nitrogens with zero attached hydrogens (tertiary/aromatic N) is 1. The van der Waals surface area contributed by atoms with E-state index in [4.69, 9.17) is 5.73 Å². The molecule has 0 bridgehead atoms. The van der Waals surface area contributed by atoms with E-state index in [2.05, 4.69) is 11.8 Å². The topological polar surface area (TPSA) is 46.3 Å². The minimum atomic E-state index is 0.107. The van der Waals surface area contributed by atoms with Gasteiger partial charge in [-0.3, -0.25) is 4.79 Å². The predicted octanol–water partition coefficient (Wildman–Crippen LogP) is 2.71. The monoisotopic (exact) mass is 284 g/mol. The second-order valence-electron chi connectivity index (χ2n) is 5.69. The number of rotatable bonds is 2. The Balaban J connectivity index is 2.22. The van der Waals surface area contributed by atoms with Crippen molar-refractivity contribution < 1.29 is 4.79 Å². The van der Waals surface area contributed by atoms with Gasteiger partial charge in [-0.1, -0.05) is 37.2 Å². The molecule has 0 aliphatic heterocycles. The summed E-state index contributed by atoms with van der Waals surface area (Å²) < 4.78 is 0. The standard InChI is InChI=1S/C18H24N2O/c1-14-15(9-7-13-19)8-6-12-17(14)18(21)20(2)16-10-4-3-5-11-16/h6,8,12,16H,3-5,10-11,13,19H2,1-2H3. The molecule has 21 heavy (non-hydrogen) atoms. The first-order chi connectivity index (χ1) is 10.1.